The van der Waals surface area contributed by atoms with Gasteiger partial charge in [0.05, 0.1) is 52.9 Å². The SMILES string of the molecule is CC(C)CCCC(C)C1CCC2C3CC=C4CC(OC(=O)NCCCOCCOCCOCCOCC(O)CO)CCC4(C)C3CCC12C. The molecule has 4 aliphatic carbocycles. The minimum absolute atomic E-state index is 0.0312. The van der Waals surface area contributed by atoms with Crippen molar-refractivity contribution in [2.45, 2.75) is 124 Å². The van der Waals surface area contributed by atoms with Crippen molar-refractivity contribution in [3.05, 3.63) is 11.6 Å². The maximum atomic E-state index is 12.6. The molecule has 9 unspecified atom stereocenters. The summed E-state index contributed by atoms with van der Waals surface area (Å²) in [6, 6.07) is 0. The summed E-state index contributed by atoms with van der Waals surface area (Å²) in [6.45, 7) is 16.0. The van der Waals surface area contributed by atoms with E-state index in [2.05, 4.69) is 46.0 Å². The van der Waals surface area contributed by atoms with Crippen molar-refractivity contribution in [1.29, 1.82) is 0 Å². The van der Waals surface area contributed by atoms with Gasteiger partial charge in [0.25, 0.3) is 0 Å². The third kappa shape index (κ3) is 11.4. The van der Waals surface area contributed by atoms with E-state index in [9.17, 15) is 9.90 Å². The fourth-order valence-corrected chi connectivity index (χ4v) is 10.2. The van der Waals surface area contributed by atoms with Crippen LogP contribution in [0.2, 0.25) is 0 Å². The Bertz CT molecular complexity index is 1010. The maximum absolute atomic E-state index is 12.6. The number of nitrogens with one attached hydrogen (secondary N) is 1. The van der Waals surface area contributed by atoms with Crippen LogP contribution in [0.25, 0.3) is 0 Å². The lowest BCUT2D eigenvalue weighted by atomic mass is 9.47. The lowest BCUT2D eigenvalue weighted by molar-refractivity contribution is -0.0581. The lowest BCUT2D eigenvalue weighted by Crippen LogP contribution is -2.51. The number of aliphatic hydroxyl groups is 2. The number of amides is 1. The first-order chi connectivity index (χ1) is 23.6. The molecule has 0 aliphatic heterocycles. The van der Waals surface area contributed by atoms with E-state index in [1.54, 1.807) is 5.57 Å². The molecule has 9 atom stereocenters. The molecule has 0 radical (unpaired) electrons. The first-order valence-electron chi connectivity index (χ1n) is 19.8. The number of hydrogen-bond acceptors (Lipinski definition) is 8. The Morgan fingerprint density at radius 3 is 2.27 bits per heavy atom. The van der Waals surface area contributed by atoms with Crippen LogP contribution in [0, 0.1) is 46.3 Å². The molecular weight excluding hydrogens is 622 g/mol. The molecule has 3 fully saturated rings. The van der Waals surface area contributed by atoms with Gasteiger partial charge in [-0.15, -0.1) is 0 Å². The lowest BCUT2D eigenvalue weighted by Gasteiger charge is -2.58. The summed E-state index contributed by atoms with van der Waals surface area (Å²) in [6.07, 6.45) is 16.1. The number of ether oxygens (including phenoxy) is 5. The highest BCUT2D eigenvalue weighted by Gasteiger charge is 2.59. The van der Waals surface area contributed by atoms with E-state index in [1.807, 2.05) is 0 Å². The number of carbonyl (C=O) groups excluding carboxylic acids is 1. The number of allylic oxidation sites excluding steroid dienone is 1. The first-order valence-corrected chi connectivity index (χ1v) is 19.8. The summed E-state index contributed by atoms with van der Waals surface area (Å²) in [4.78, 5) is 12.6. The summed E-state index contributed by atoms with van der Waals surface area (Å²) < 4.78 is 27.6. The fraction of sp³-hybridized carbons (Fsp3) is 0.925. The molecule has 0 saturated heterocycles. The standard InChI is InChI=1S/C40H71NO8/c1-29(2)8-6-9-30(3)35-12-13-36-34-11-10-31-26-33(14-16-39(31,4)37(34)15-17-40(35,36)5)49-38(44)41-18-7-19-45-20-21-46-22-23-47-24-25-48-28-32(43)27-42/h10,29-30,32-37,42-43H,6-9,11-28H2,1-5H3,(H,41,44). The molecule has 3 saturated carbocycles. The Morgan fingerprint density at radius 1 is 0.878 bits per heavy atom. The van der Waals surface area contributed by atoms with Crippen molar-refractivity contribution in [3.8, 4) is 0 Å². The monoisotopic (exact) mass is 694 g/mol. The average molecular weight is 694 g/mol. The Kier molecular flexibility index (Phi) is 16.7. The number of carbonyl (C=O) groups is 1. The second-order valence-corrected chi connectivity index (χ2v) is 16.6. The molecule has 4 rings (SSSR count). The minimum atomic E-state index is -0.846. The van der Waals surface area contributed by atoms with Crippen LogP contribution in [0.3, 0.4) is 0 Å². The molecule has 0 aromatic rings. The number of hydrogen-bond donors (Lipinski definition) is 3. The number of alkyl carbamates (subject to hydrolysis) is 1. The molecule has 3 N–H and O–H groups in total. The Hall–Kier alpha value is -1.23. The molecule has 1 amide bonds. The Morgan fingerprint density at radius 2 is 1.57 bits per heavy atom. The van der Waals surface area contributed by atoms with Gasteiger partial charge in [-0.3, -0.25) is 0 Å². The van der Waals surface area contributed by atoms with Gasteiger partial charge in [0.1, 0.15) is 12.2 Å². The Labute approximate surface area is 297 Å². The topological polar surface area (TPSA) is 116 Å². The molecule has 0 aromatic heterocycles. The van der Waals surface area contributed by atoms with Crippen LogP contribution in [0.15, 0.2) is 11.6 Å². The van der Waals surface area contributed by atoms with Gasteiger partial charge >= 0.3 is 6.09 Å². The second kappa shape index (κ2) is 20.1. The molecule has 0 spiro atoms. The number of aliphatic hydroxyl groups excluding tert-OH is 2. The quantitative estimate of drug-likeness (QED) is 0.0826. The van der Waals surface area contributed by atoms with E-state index in [0.29, 0.717) is 58.2 Å². The highest BCUT2D eigenvalue weighted by atomic mass is 16.6. The zero-order valence-electron chi connectivity index (χ0n) is 31.6. The normalized spacial score (nSPS) is 32.2. The number of rotatable bonds is 22. The van der Waals surface area contributed by atoms with Crippen LogP contribution in [0.4, 0.5) is 4.79 Å². The summed E-state index contributed by atoms with van der Waals surface area (Å²) >= 11 is 0. The van der Waals surface area contributed by atoms with Gasteiger partial charge in [0.15, 0.2) is 0 Å². The van der Waals surface area contributed by atoms with Crippen LogP contribution in [-0.2, 0) is 23.7 Å². The van der Waals surface area contributed by atoms with Gasteiger partial charge in [-0.05, 0) is 97.7 Å². The first kappa shape index (κ1) is 40.5. The summed E-state index contributed by atoms with van der Waals surface area (Å²) in [5.41, 5.74) is 2.33. The van der Waals surface area contributed by atoms with E-state index in [1.165, 1.54) is 51.4 Å². The van der Waals surface area contributed by atoms with E-state index in [-0.39, 0.29) is 30.8 Å². The molecule has 284 valence electrons. The largest absolute Gasteiger partial charge is 0.446 e. The second-order valence-electron chi connectivity index (χ2n) is 16.6. The van der Waals surface area contributed by atoms with E-state index < -0.39 is 6.10 Å². The molecule has 9 heteroatoms. The minimum Gasteiger partial charge on any atom is -0.446 e. The average Bonchev–Trinajstić information content (AvgIpc) is 3.43. The molecule has 0 heterocycles. The zero-order chi connectivity index (χ0) is 35.3. The van der Waals surface area contributed by atoms with Crippen molar-refractivity contribution in [3.63, 3.8) is 0 Å². The van der Waals surface area contributed by atoms with E-state index >= 15 is 0 Å². The van der Waals surface area contributed by atoms with Gasteiger partial charge in [-0.1, -0.05) is 65.5 Å². The zero-order valence-corrected chi connectivity index (χ0v) is 31.6. The van der Waals surface area contributed by atoms with Crippen molar-refractivity contribution in [2.24, 2.45) is 46.3 Å². The van der Waals surface area contributed by atoms with Gasteiger partial charge in [0, 0.05) is 19.6 Å². The van der Waals surface area contributed by atoms with Crippen molar-refractivity contribution in [1.82, 2.24) is 5.32 Å². The van der Waals surface area contributed by atoms with Crippen molar-refractivity contribution in [2.75, 3.05) is 66.0 Å². The number of fused-ring (bicyclic) bond motifs is 5. The van der Waals surface area contributed by atoms with Crippen LogP contribution >= 0.6 is 0 Å². The molecule has 0 bridgehead atoms. The molecule has 0 aromatic carbocycles. The van der Waals surface area contributed by atoms with E-state index in [4.69, 9.17) is 28.8 Å². The van der Waals surface area contributed by atoms with Crippen LogP contribution in [0.5, 0.6) is 0 Å². The van der Waals surface area contributed by atoms with Crippen molar-refractivity contribution >= 4 is 6.09 Å². The Balaban J connectivity index is 1.07. The predicted octanol–water partition coefficient (Wildman–Crippen LogP) is 6.93. The van der Waals surface area contributed by atoms with Gasteiger partial charge < -0.3 is 39.2 Å². The fourth-order valence-electron chi connectivity index (χ4n) is 10.2. The molecular formula is C40H71NO8. The molecule has 4 aliphatic rings. The third-order valence-electron chi connectivity index (χ3n) is 12.9. The van der Waals surface area contributed by atoms with Gasteiger partial charge in [0.2, 0.25) is 0 Å². The van der Waals surface area contributed by atoms with Gasteiger partial charge in [-0.2, -0.15) is 0 Å². The maximum Gasteiger partial charge on any atom is 0.407 e. The third-order valence-corrected chi connectivity index (χ3v) is 12.9. The highest BCUT2D eigenvalue weighted by molar-refractivity contribution is 5.67. The van der Waals surface area contributed by atoms with Crippen LogP contribution < -0.4 is 5.32 Å². The summed E-state index contributed by atoms with van der Waals surface area (Å²) in [5.74, 6) is 5.01. The molecule has 49 heavy (non-hydrogen) atoms. The highest BCUT2D eigenvalue weighted by Crippen LogP contribution is 2.67. The van der Waals surface area contributed by atoms with Crippen LogP contribution in [-0.4, -0.2) is 94.5 Å². The summed E-state index contributed by atoms with van der Waals surface area (Å²) in [5, 5.41) is 20.8. The van der Waals surface area contributed by atoms with E-state index in [0.717, 1.165) is 61.2 Å². The van der Waals surface area contributed by atoms with Crippen LogP contribution in [0.1, 0.15) is 112 Å². The predicted molar refractivity (Wildman–Crippen MR) is 192 cm³/mol. The summed E-state index contributed by atoms with van der Waals surface area (Å²) in [7, 11) is 0. The molecule has 9 nitrogen and oxygen atoms in total. The van der Waals surface area contributed by atoms with Gasteiger partial charge in [-0.25, -0.2) is 4.79 Å². The van der Waals surface area contributed by atoms with Crippen molar-refractivity contribution < 1.29 is 38.7 Å². The smallest absolute Gasteiger partial charge is 0.407 e.